The van der Waals surface area contributed by atoms with Crippen LogP contribution in [0.5, 0.6) is 0 Å². The number of hydrogen-bond acceptors (Lipinski definition) is 5. The molecule has 3 heterocycles. The molecular weight excluding hydrogens is 338 g/mol. The van der Waals surface area contributed by atoms with Crippen molar-refractivity contribution in [3.05, 3.63) is 17.5 Å². The van der Waals surface area contributed by atoms with Crippen LogP contribution in [0.4, 0.5) is 0 Å². The molecule has 0 aromatic carbocycles. The van der Waals surface area contributed by atoms with Crippen molar-refractivity contribution in [1.82, 2.24) is 24.3 Å². The van der Waals surface area contributed by atoms with Gasteiger partial charge in [0.15, 0.2) is 0 Å². The Labute approximate surface area is 151 Å². The number of hydrogen-bond donors (Lipinski definition) is 1. The first-order chi connectivity index (χ1) is 11.7. The van der Waals surface area contributed by atoms with E-state index in [1.807, 2.05) is 6.07 Å². The minimum absolute atomic E-state index is 0.267. The number of piperidine rings is 1. The van der Waals surface area contributed by atoms with E-state index in [0.717, 1.165) is 38.3 Å². The van der Waals surface area contributed by atoms with Crippen LogP contribution in [0, 0.1) is 5.41 Å². The van der Waals surface area contributed by atoms with Gasteiger partial charge in [0.05, 0.1) is 24.2 Å². The summed E-state index contributed by atoms with van der Waals surface area (Å²) in [5.74, 6) is 0. The second-order valence-electron chi connectivity index (χ2n) is 8.12. The van der Waals surface area contributed by atoms with Crippen LogP contribution >= 0.6 is 0 Å². The first-order valence-electron chi connectivity index (χ1n) is 9.14. The molecule has 8 heteroatoms. The Balaban J connectivity index is 1.63. The minimum atomic E-state index is -3.19. The third-order valence-corrected chi connectivity index (χ3v) is 6.13. The summed E-state index contributed by atoms with van der Waals surface area (Å²) in [7, 11) is -0.983. The lowest BCUT2D eigenvalue weighted by Crippen LogP contribution is -2.43. The Hall–Kier alpha value is -0.960. The summed E-state index contributed by atoms with van der Waals surface area (Å²) in [6.07, 6.45) is 4.77. The predicted octanol–water partition coefficient (Wildman–Crippen LogP) is 0.870. The summed E-state index contributed by atoms with van der Waals surface area (Å²) in [5, 5.41) is 4.58. The molecule has 0 unspecified atom stereocenters. The van der Waals surface area contributed by atoms with Crippen molar-refractivity contribution in [3.8, 4) is 0 Å². The highest BCUT2D eigenvalue weighted by atomic mass is 32.2. The van der Waals surface area contributed by atoms with Gasteiger partial charge >= 0.3 is 0 Å². The topological polar surface area (TPSA) is 70.5 Å². The highest BCUT2D eigenvalue weighted by molar-refractivity contribution is 7.88. The lowest BCUT2D eigenvalue weighted by Gasteiger charge is -2.41. The molecule has 1 fully saturated rings. The summed E-state index contributed by atoms with van der Waals surface area (Å²) in [4.78, 5) is 4.97. The summed E-state index contributed by atoms with van der Waals surface area (Å²) in [6.45, 7) is 9.09. The highest BCUT2D eigenvalue weighted by Crippen LogP contribution is 2.32. The first-order valence-corrected chi connectivity index (χ1v) is 11.0. The molecule has 25 heavy (non-hydrogen) atoms. The predicted molar refractivity (Wildman–Crippen MR) is 98.6 cm³/mol. The zero-order valence-corrected chi connectivity index (χ0v) is 16.5. The van der Waals surface area contributed by atoms with Crippen LogP contribution in [0.25, 0.3) is 0 Å². The van der Waals surface area contributed by atoms with E-state index in [0.29, 0.717) is 5.41 Å². The van der Waals surface area contributed by atoms with Crippen LogP contribution in [0.3, 0.4) is 0 Å². The number of nitrogens with one attached hydrogen (secondary N) is 1. The van der Waals surface area contributed by atoms with E-state index in [1.165, 1.54) is 37.9 Å². The van der Waals surface area contributed by atoms with Gasteiger partial charge in [-0.3, -0.25) is 9.58 Å². The van der Waals surface area contributed by atoms with E-state index in [9.17, 15) is 8.42 Å². The number of likely N-dealkylation sites (tertiary alicyclic amines) is 1. The maximum absolute atomic E-state index is 11.3. The molecule has 0 spiro atoms. The molecule has 0 aliphatic carbocycles. The van der Waals surface area contributed by atoms with Gasteiger partial charge in [0.2, 0.25) is 10.0 Å². The Morgan fingerprint density at radius 1 is 1.24 bits per heavy atom. The van der Waals surface area contributed by atoms with Gasteiger partial charge < -0.3 is 4.90 Å². The maximum Gasteiger partial charge on any atom is 0.209 e. The highest BCUT2D eigenvalue weighted by Gasteiger charge is 2.31. The molecule has 1 N–H and O–H groups in total. The van der Waals surface area contributed by atoms with Crippen LogP contribution in [0.2, 0.25) is 0 Å². The minimum Gasteiger partial charge on any atom is -0.306 e. The van der Waals surface area contributed by atoms with Crippen LogP contribution in [0.1, 0.15) is 37.6 Å². The van der Waals surface area contributed by atoms with Crippen molar-refractivity contribution in [2.24, 2.45) is 5.41 Å². The lowest BCUT2D eigenvalue weighted by atomic mass is 9.80. The van der Waals surface area contributed by atoms with E-state index in [-0.39, 0.29) is 6.54 Å². The Kier molecular flexibility index (Phi) is 5.53. The number of rotatable bonds is 5. The van der Waals surface area contributed by atoms with E-state index < -0.39 is 10.0 Å². The molecule has 0 saturated carbocycles. The van der Waals surface area contributed by atoms with E-state index in [1.54, 1.807) is 0 Å². The van der Waals surface area contributed by atoms with E-state index >= 15 is 0 Å². The van der Waals surface area contributed by atoms with Crippen LogP contribution in [0.15, 0.2) is 6.07 Å². The molecule has 142 valence electrons. The fourth-order valence-corrected chi connectivity index (χ4v) is 4.28. The Morgan fingerprint density at radius 3 is 2.64 bits per heavy atom. The van der Waals surface area contributed by atoms with Crippen molar-refractivity contribution in [1.29, 1.82) is 0 Å². The standard InChI is InChI=1S/C17H31N5O2S/c1-17(5-9-20(2)10-6-17)14-21-7-4-8-22-16(13-21)11-15(19-22)12-18-25(3,23)24/h11,18H,4-10,12-14H2,1-3H3. The van der Waals surface area contributed by atoms with Crippen molar-refractivity contribution < 1.29 is 8.42 Å². The van der Waals surface area contributed by atoms with Crippen LogP contribution < -0.4 is 4.72 Å². The zero-order valence-electron chi connectivity index (χ0n) is 15.7. The molecule has 2 aliphatic rings. The number of aryl methyl sites for hydroxylation is 1. The van der Waals surface area contributed by atoms with Crippen molar-refractivity contribution >= 4 is 10.0 Å². The first kappa shape index (κ1) is 18.8. The smallest absolute Gasteiger partial charge is 0.209 e. The summed E-state index contributed by atoms with van der Waals surface area (Å²) >= 11 is 0. The van der Waals surface area contributed by atoms with Gasteiger partial charge in [-0.2, -0.15) is 5.10 Å². The molecular formula is C17H31N5O2S. The third kappa shape index (κ3) is 5.26. The number of sulfonamides is 1. The van der Waals surface area contributed by atoms with Gasteiger partial charge in [-0.05, 0) is 50.9 Å². The molecule has 0 radical (unpaired) electrons. The fraction of sp³-hybridized carbons (Fsp3) is 0.824. The second kappa shape index (κ2) is 7.34. The molecule has 0 amide bonds. The zero-order chi connectivity index (χ0) is 18.1. The van der Waals surface area contributed by atoms with Gasteiger partial charge in [-0.15, -0.1) is 0 Å². The van der Waals surface area contributed by atoms with Crippen molar-refractivity contribution in [2.45, 2.75) is 45.8 Å². The lowest BCUT2D eigenvalue weighted by molar-refractivity contribution is 0.0837. The van der Waals surface area contributed by atoms with Gasteiger partial charge in [-0.1, -0.05) is 6.92 Å². The number of fused-ring (bicyclic) bond motifs is 1. The molecule has 0 atom stereocenters. The molecule has 1 aromatic heterocycles. The van der Waals surface area contributed by atoms with Gasteiger partial charge in [0.25, 0.3) is 0 Å². The van der Waals surface area contributed by atoms with Gasteiger partial charge in [0, 0.05) is 26.2 Å². The third-order valence-electron chi connectivity index (χ3n) is 5.46. The number of aromatic nitrogens is 2. The average Bonchev–Trinajstić information content (AvgIpc) is 2.81. The monoisotopic (exact) mass is 369 g/mol. The summed E-state index contributed by atoms with van der Waals surface area (Å²) in [6, 6.07) is 2.05. The van der Waals surface area contributed by atoms with E-state index in [4.69, 9.17) is 0 Å². The largest absolute Gasteiger partial charge is 0.306 e. The van der Waals surface area contributed by atoms with E-state index in [2.05, 4.69) is 38.3 Å². The normalized spacial score (nSPS) is 22.5. The van der Waals surface area contributed by atoms with Crippen LogP contribution in [-0.4, -0.2) is 67.5 Å². The second-order valence-corrected chi connectivity index (χ2v) is 9.95. The fourth-order valence-electron chi connectivity index (χ4n) is 3.87. The summed E-state index contributed by atoms with van der Waals surface area (Å²) < 4.78 is 27.1. The summed E-state index contributed by atoms with van der Waals surface area (Å²) in [5.41, 5.74) is 2.38. The Bertz CT molecular complexity index is 692. The molecule has 1 aromatic rings. The average molecular weight is 370 g/mol. The van der Waals surface area contributed by atoms with Gasteiger partial charge in [-0.25, -0.2) is 13.1 Å². The van der Waals surface area contributed by atoms with Gasteiger partial charge in [0.1, 0.15) is 0 Å². The maximum atomic E-state index is 11.3. The molecule has 3 rings (SSSR count). The Morgan fingerprint density at radius 2 is 1.96 bits per heavy atom. The van der Waals surface area contributed by atoms with Crippen molar-refractivity contribution in [3.63, 3.8) is 0 Å². The van der Waals surface area contributed by atoms with Crippen LogP contribution in [-0.2, 0) is 29.7 Å². The quantitative estimate of drug-likeness (QED) is 0.834. The molecule has 2 aliphatic heterocycles. The van der Waals surface area contributed by atoms with Crippen molar-refractivity contribution in [2.75, 3.05) is 39.5 Å². The molecule has 0 bridgehead atoms. The molecule has 7 nitrogen and oxygen atoms in total. The number of nitrogens with zero attached hydrogens (tertiary/aromatic N) is 4. The SMILES string of the molecule is CN1CCC(C)(CN2CCCn3nc(CNS(C)(=O)=O)cc3C2)CC1. The molecule has 1 saturated heterocycles.